The maximum Gasteiger partial charge on any atom is 0.223 e. The second-order valence-electron chi connectivity index (χ2n) is 9.73. The Morgan fingerprint density at radius 2 is 1.94 bits per heavy atom. The minimum absolute atomic E-state index is 0.0225. The molecule has 0 radical (unpaired) electrons. The fraction of sp³-hybridized carbons (Fsp3) is 0.458. The van der Waals surface area contributed by atoms with Gasteiger partial charge in [-0.15, -0.1) is 0 Å². The van der Waals surface area contributed by atoms with Crippen molar-refractivity contribution in [2.24, 2.45) is 0 Å². The average Bonchev–Trinajstić information content (AvgIpc) is 3.10. The van der Waals surface area contributed by atoms with Crippen molar-refractivity contribution in [3.8, 4) is 17.3 Å². The highest BCUT2D eigenvalue weighted by molar-refractivity contribution is 5.95. The molecule has 0 atom stereocenters. The van der Waals surface area contributed by atoms with Gasteiger partial charge in [-0.2, -0.15) is 5.26 Å². The van der Waals surface area contributed by atoms with E-state index in [0.717, 1.165) is 29.5 Å². The number of nitrogens with zero attached hydrogens (tertiary/aromatic N) is 3. The molecule has 3 heterocycles. The number of hydrogen-bond acceptors (Lipinski definition) is 5. The van der Waals surface area contributed by atoms with Gasteiger partial charge in [0.2, 0.25) is 5.95 Å². The monoisotopic (exact) mass is 420 g/mol. The summed E-state index contributed by atoms with van der Waals surface area (Å²) in [6.45, 7) is 8.85. The Morgan fingerprint density at radius 3 is 2.65 bits per heavy atom. The molecule has 1 aromatic carbocycles. The zero-order valence-electron chi connectivity index (χ0n) is 18.5. The molecule has 31 heavy (non-hydrogen) atoms. The lowest BCUT2D eigenvalue weighted by atomic mass is 9.80. The maximum absolute atomic E-state index is 14.9. The molecule has 1 aliphatic rings. The van der Waals surface area contributed by atoms with Crippen molar-refractivity contribution in [3.63, 3.8) is 0 Å². The van der Waals surface area contributed by atoms with Crippen LogP contribution in [-0.2, 0) is 6.42 Å². The van der Waals surface area contributed by atoms with Crippen LogP contribution in [0.2, 0.25) is 0 Å². The molecule has 1 fully saturated rings. The van der Waals surface area contributed by atoms with Crippen LogP contribution in [0.25, 0.3) is 22.2 Å². The normalized spacial score (nSPS) is 18.1. The first-order chi connectivity index (χ1) is 14.7. The summed E-state index contributed by atoms with van der Waals surface area (Å²) in [7, 11) is 0. The summed E-state index contributed by atoms with van der Waals surface area (Å²) in [5, 5.41) is 16.7. The lowest BCUT2D eigenvalue weighted by Gasteiger charge is -2.46. The van der Waals surface area contributed by atoms with E-state index in [1.54, 1.807) is 18.5 Å². The molecular weight excluding hydrogens is 391 g/mol. The second kappa shape index (κ2) is 7.93. The van der Waals surface area contributed by atoms with E-state index in [2.05, 4.69) is 54.4 Å². The quantitative estimate of drug-likeness (QED) is 0.544. The summed E-state index contributed by atoms with van der Waals surface area (Å²) >= 11 is 0. The van der Waals surface area contributed by atoms with Gasteiger partial charge in [0.15, 0.2) is 0 Å². The molecule has 2 aromatic heterocycles. The fourth-order valence-corrected chi connectivity index (χ4v) is 4.99. The largest absolute Gasteiger partial charge is 0.358 e. The predicted octanol–water partition coefficient (Wildman–Crippen LogP) is 4.94. The Labute approximate surface area is 182 Å². The maximum atomic E-state index is 14.9. The molecule has 7 heteroatoms. The summed E-state index contributed by atoms with van der Waals surface area (Å²) in [5.41, 5.74) is 2.60. The molecule has 1 aliphatic heterocycles. The molecule has 0 amide bonds. The standard InChI is InChI=1S/C24H29FN6/c1-23(2)12-16(13-24(3,4)31-23)29-22-27-11-9-19(30-22)18-14-28-21-17(18)8-7-15(20(21)25)6-5-10-26/h7-9,11,14,16,28,31H,5-6,12-13H2,1-4H3,(H,27,29,30). The van der Waals surface area contributed by atoms with Crippen LogP contribution < -0.4 is 10.6 Å². The first-order valence-corrected chi connectivity index (χ1v) is 10.7. The molecule has 0 aliphatic carbocycles. The summed E-state index contributed by atoms with van der Waals surface area (Å²) in [5.74, 6) is 0.280. The van der Waals surface area contributed by atoms with Gasteiger partial charge in [0, 0.05) is 46.9 Å². The number of fused-ring (bicyclic) bond motifs is 1. The number of aromatic amines is 1. The zero-order chi connectivity index (χ0) is 22.2. The minimum atomic E-state index is -0.300. The van der Waals surface area contributed by atoms with Gasteiger partial charge in [-0.25, -0.2) is 14.4 Å². The lowest BCUT2D eigenvalue weighted by Crippen LogP contribution is -2.60. The van der Waals surface area contributed by atoms with E-state index in [1.807, 2.05) is 12.1 Å². The van der Waals surface area contributed by atoms with Gasteiger partial charge in [0.05, 0.1) is 17.3 Å². The van der Waals surface area contributed by atoms with Crippen molar-refractivity contribution in [1.29, 1.82) is 5.26 Å². The highest BCUT2D eigenvalue weighted by Gasteiger charge is 2.37. The van der Waals surface area contributed by atoms with Crippen molar-refractivity contribution in [2.75, 3.05) is 5.32 Å². The van der Waals surface area contributed by atoms with Crippen LogP contribution in [0, 0.1) is 17.1 Å². The van der Waals surface area contributed by atoms with Gasteiger partial charge in [0.1, 0.15) is 5.82 Å². The Kier molecular flexibility index (Phi) is 5.44. The lowest BCUT2D eigenvalue weighted by molar-refractivity contribution is 0.170. The van der Waals surface area contributed by atoms with E-state index in [0.29, 0.717) is 29.9 Å². The first kappa shape index (κ1) is 21.3. The van der Waals surface area contributed by atoms with Crippen molar-refractivity contribution in [1.82, 2.24) is 20.3 Å². The average molecular weight is 421 g/mol. The molecule has 4 rings (SSSR count). The molecule has 3 aromatic rings. The highest BCUT2D eigenvalue weighted by atomic mass is 19.1. The van der Waals surface area contributed by atoms with Crippen molar-refractivity contribution < 1.29 is 4.39 Å². The summed E-state index contributed by atoms with van der Waals surface area (Å²) in [4.78, 5) is 12.2. The van der Waals surface area contributed by atoms with Crippen LogP contribution in [0.15, 0.2) is 30.6 Å². The van der Waals surface area contributed by atoms with E-state index in [1.165, 1.54) is 0 Å². The van der Waals surface area contributed by atoms with Crippen LogP contribution in [0.3, 0.4) is 0 Å². The van der Waals surface area contributed by atoms with Gasteiger partial charge in [0.25, 0.3) is 0 Å². The van der Waals surface area contributed by atoms with E-state index >= 15 is 0 Å². The predicted molar refractivity (Wildman–Crippen MR) is 121 cm³/mol. The number of nitriles is 1. The molecule has 0 unspecified atom stereocenters. The first-order valence-electron chi connectivity index (χ1n) is 10.7. The van der Waals surface area contributed by atoms with E-state index in [4.69, 9.17) is 10.2 Å². The van der Waals surface area contributed by atoms with Gasteiger partial charge in [-0.3, -0.25) is 0 Å². The number of aryl methyl sites for hydroxylation is 1. The number of rotatable bonds is 5. The van der Waals surface area contributed by atoms with Crippen molar-refractivity contribution in [2.45, 2.75) is 70.5 Å². The number of hydrogen-bond donors (Lipinski definition) is 3. The third kappa shape index (κ3) is 4.54. The Bertz CT molecular complexity index is 1120. The molecule has 0 spiro atoms. The van der Waals surface area contributed by atoms with E-state index in [-0.39, 0.29) is 22.9 Å². The van der Waals surface area contributed by atoms with Gasteiger partial charge in [-0.05, 0) is 58.6 Å². The smallest absolute Gasteiger partial charge is 0.223 e. The molecule has 1 saturated heterocycles. The van der Waals surface area contributed by atoms with Crippen LogP contribution in [0.1, 0.15) is 52.5 Å². The van der Waals surface area contributed by atoms with Crippen LogP contribution >= 0.6 is 0 Å². The van der Waals surface area contributed by atoms with Gasteiger partial charge in [-0.1, -0.05) is 12.1 Å². The minimum Gasteiger partial charge on any atom is -0.358 e. The molecule has 3 N–H and O–H groups in total. The molecule has 0 saturated carbocycles. The molecule has 6 nitrogen and oxygen atoms in total. The number of nitrogens with one attached hydrogen (secondary N) is 3. The van der Waals surface area contributed by atoms with Crippen molar-refractivity contribution >= 4 is 16.9 Å². The number of benzene rings is 1. The Hall–Kier alpha value is -2.98. The molecule has 162 valence electrons. The van der Waals surface area contributed by atoms with Crippen LogP contribution in [0.4, 0.5) is 10.3 Å². The third-order valence-corrected chi connectivity index (χ3v) is 5.83. The number of anilines is 1. The summed E-state index contributed by atoms with van der Waals surface area (Å²) < 4.78 is 14.9. The highest BCUT2D eigenvalue weighted by Crippen LogP contribution is 2.32. The zero-order valence-corrected chi connectivity index (χ0v) is 18.5. The SMILES string of the molecule is CC1(C)CC(Nc2nccc(-c3c[nH]c4c(F)c(CCC#N)ccc34)n2)CC(C)(C)N1. The molecule has 0 bridgehead atoms. The molecular formula is C24H29FN6. The fourth-order valence-electron chi connectivity index (χ4n) is 4.99. The van der Waals surface area contributed by atoms with E-state index < -0.39 is 0 Å². The van der Waals surface area contributed by atoms with Crippen LogP contribution in [0.5, 0.6) is 0 Å². The van der Waals surface area contributed by atoms with Crippen LogP contribution in [-0.4, -0.2) is 32.1 Å². The topological polar surface area (TPSA) is 89.4 Å². The van der Waals surface area contributed by atoms with Crippen molar-refractivity contribution in [3.05, 3.63) is 42.0 Å². The Balaban J connectivity index is 1.61. The van der Waals surface area contributed by atoms with Gasteiger partial charge < -0.3 is 15.6 Å². The second-order valence-corrected chi connectivity index (χ2v) is 9.73. The number of piperidine rings is 1. The van der Waals surface area contributed by atoms with E-state index in [9.17, 15) is 4.39 Å². The Morgan fingerprint density at radius 1 is 1.19 bits per heavy atom. The third-order valence-electron chi connectivity index (χ3n) is 5.83. The van der Waals surface area contributed by atoms with Gasteiger partial charge >= 0.3 is 0 Å². The summed E-state index contributed by atoms with van der Waals surface area (Å²) in [6.07, 6.45) is 6.14. The summed E-state index contributed by atoms with van der Waals surface area (Å²) in [6, 6.07) is 7.81. The number of halogens is 1. The number of aromatic nitrogens is 3. The number of H-pyrrole nitrogens is 1.